The van der Waals surface area contributed by atoms with Crippen LogP contribution in [0.5, 0.6) is 11.5 Å². The molecule has 6 heteroatoms. The van der Waals surface area contributed by atoms with E-state index in [4.69, 9.17) is 15.6 Å². The average molecular weight is 229 g/mol. The molecule has 1 unspecified atom stereocenters. The van der Waals surface area contributed by atoms with Gasteiger partial charge in [-0.15, -0.1) is 0 Å². The molecule has 0 aliphatic heterocycles. The molecule has 0 amide bonds. The van der Waals surface area contributed by atoms with Gasteiger partial charge in [0.25, 0.3) is 0 Å². The average Bonchev–Trinajstić information content (AvgIpc) is 2.22. The number of rotatable bonds is 4. The second-order valence-corrected chi connectivity index (χ2v) is 3.28. The largest absolute Gasteiger partial charge is 0.502 e. The highest BCUT2D eigenvalue weighted by Gasteiger charge is 2.16. The highest BCUT2D eigenvalue weighted by Crippen LogP contribution is 2.30. The topological polar surface area (TPSA) is 92.8 Å². The van der Waals surface area contributed by atoms with E-state index < -0.39 is 23.6 Å². The summed E-state index contributed by atoms with van der Waals surface area (Å²) in [6.07, 6.45) is -0.0388. The zero-order valence-electron chi connectivity index (χ0n) is 8.61. The number of phenols is 1. The Morgan fingerprint density at radius 2 is 2.25 bits per heavy atom. The number of hydrogen-bond acceptors (Lipinski definition) is 4. The van der Waals surface area contributed by atoms with Crippen molar-refractivity contribution in [1.82, 2.24) is 0 Å². The summed E-state index contributed by atoms with van der Waals surface area (Å²) < 4.78 is 17.9. The third-order valence-electron chi connectivity index (χ3n) is 2.08. The summed E-state index contributed by atoms with van der Waals surface area (Å²) in [6, 6.07) is 1.26. The van der Waals surface area contributed by atoms with Crippen LogP contribution in [0.3, 0.4) is 0 Å². The predicted molar refractivity (Wildman–Crippen MR) is 53.9 cm³/mol. The van der Waals surface area contributed by atoms with Gasteiger partial charge >= 0.3 is 5.97 Å². The molecule has 0 spiro atoms. The lowest BCUT2D eigenvalue weighted by Crippen LogP contribution is -2.32. The fraction of sp³-hybridized carbons (Fsp3) is 0.300. The van der Waals surface area contributed by atoms with E-state index in [1.165, 1.54) is 13.2 Å². The van der Waals surface area contributed by atoms with Crippen molar-refractivity contribution in [1.29, 1.82) is 0 Å². The van der Waals surface area contributed by atoms with Gasteiger partial charge in [0.15, 0.2) is 17.3 Å². The van der Waals surface area contributed by atoms with E-state index in [0.717, 1.165) is 6.07 Å². The first-order valence-electron chi connectivity index (χ1n) is 4.49. The summed E-state index contributed by atoms with van der Waals surface area (Å²) in [7, 11) is 1.27. The number of carboxylic acid groups (broad SMARTS) is 1. The SMILES string of the molecule is COc1cc(CC(N)C(=O)O)cc(F)c1O. The van der Waals surface area contributed by atoms with Gasteiger partial charge in [-0.1, -0.05) is 0 Å². The standard InChI is InChI=1S/C10H12FNO4/c1-16-8-4-5(2-6(11)9(8)13)3-7(12)10(14)15/h2,4,7,13H,3,12H2,1H3,(H,14,15). The van der Waals surface area contributed by atoms with Crippen LogP contribution in [0.4, 0.5) is 4.39 Å². The Hall–Kier alpha value is -1.82. The molecule has 88 valence electrons. The normalized spacial score (nSPS) is 12.2. The van der Waals surface area contributed by atoms with Crippen molar-refractivity contribution in [3.63, 3.8) is 0 Å². The lowest BCUT2D eigenvalue weighted by molar-refractivity contribution is -0.138. The molecule has 1 aromatic carbocycles. The van der Waals surface area contributed by atoms with Crippen molar-refractivity contribution < 1.29 is 24.1 Å². The molecule has 0 saturated heterocycles. The lowest BCUT2D eigenvalue weighted by atomic mass is 10.1. The Labute approximate surface area is 91.3 Å². The molecule has 1 aromatic rings. The molecule has 16 heavy (non-hydrogen) atoms. The first kappa shape index (κ1) is 12.3. The van der Waals surface area contributed by atoms with Crippen LogP contribution < -0.4 is 10.5 Å². The Morgan fingerprint density at radius 3 is 2.75 bits per heavy atom. The number of aromatic hydroxyl groups is 1. The number of benzene rings is 1. The van der Waals surface area contributed by atoms with Crippen molar-refractivity contribution in [2.45, 2.75) is 12.5 Å². The molecular weight excluding hydrogens is 217 g/mol. The lowest BCUT2D eigenvalue weighted by Gasteiger charge is -2.10. The van der Waals surface area contributed by atoms with Gasteiger partial charge in [0.2, 0.25) is 0 Å². The number of ether oxygens (including phenoxy) is 1. The highest BCUT2D eigenvalue weighted by atomic mass is 19.1. The van der Waals surface area contributed by atoms with E-state index in [1.807, 2.05) is 0 Å². The summed E-state index contributed by atoms with van der Waals surface area (Å²) in [6.45, 7) is 0. The Balaban J connectivity index is 2.98. The molecule has 4 N–H and O–H groups in total. The van der Waals surface area contributed by atoms with E-state index in [0.29, 0.717) is 5.56 Å². The maximum absolute atomic E-state index is 13.2. The minimum atomic E-state index is -1.17. The third kappa shape index (κ3) is 2.60. The quantitative estimate of drug-likeness (QED) is 0.698. The van der Waals surface area contributed by atoms with Gasteiger partial charge in [0, 0.05) is 0 Å². The number of aliphatic carboxylic acids is 1. The smallest absolute Gasteiger partial charge is 0.320 e. The van der Waals surface area contributed by atoms with Crippen molar-refractivity contribution >= 4 is 5.97 Å². The molecule has 0 saturated carbocycles. The van der Waals surface area contributed by atoms with Gasteiger partial charge in [0.05, 0.1) is 7.11 Å². The van der Waals surface area contributed by atoms with Crippen LogP contribution >= 0.6 is 0 Å². The van der Waals surface area contributed by atoms with E-state index in [2.05, 4.69) is 0 Å². The summed E-state index contributed by atoms with van der Waals surface area (Å²) in [4.78, 5) is 10.5. The molecule has 0 heterocycles. The van der Waals surface area contributed by atoms with Gasteiger partial charge in [-0.2, -0.15) is 0 Å². The fourth-order valence-electron chi connectivity index (χ4n) is 1.24. The molecule has 1 rings (SSSR count). The molecule has 1 atom stereocenters. The first-order valence-corrected chi connectivity index (χ1v) is 4.49. The van der Waals surface area contributed by atoms with Gasteiger partial charge in [-0.05, 0) is 24.1 Å². The van der Waals surface area contributed by atoms with Crippen LogP contribution in [0, 0.1) is 5.82 Å². The van der Waals surface area contributed by atoms with E-state index in [1.54, 1.807) is 0 Å². The van der Waals surface area contributed by atoms with E-state index >= 15 is 0 Å². The Kier molecular flexibility index (Phi) is 3.68. The maximum atomic E-state index is 13.2. The molecule has 0 aliphatic rings. The van der Waals surface area contributed by atoms with Crippen LogP contribution in [0.15, 0.2) is 12.1 Å². The first-order chi connectivity index (χ1) is 7.45. The number of hydrogen-bond donors (Lipinski definition) is 3. The zero-order chi connectivity index (χ0) is 12.3. The van der Waals surface area contributed by atoms with Crippen molar-refractivity contribution in [3.8, 4) is 11.5 Å². The molecule has 5 nitrogen and oxygen atoms in total. The van der Waals surface area contributed by atoms with E-state index in [-0.39, 0.29) is 12.2 Å². The number of halogens is 1. The van der Waals surface area contributed by atoms with Gasteiger partial charge < -0.3 is 20.7 Å². The van der Waals surface area contributed by atoms with Gasteiger partial charge in [-0.25, -0.2) is 4.39 Å². The zero-order valence-corrected chi connectivity index (χ0v) is 8.61. The van der Waals surface area contributed by atoms with Crippen LogP contribution in [-0.4, -0.2) is 29.3 Å². The van der Waals surface area contributed by atoms with Crippen molar-refractivity contribution in [2.75, 3.05) is 7.11 Å². The molecule has 0 aliphatic carbocycles. The molecule has 0 radical (unpaired) electrons. The number of nitrogens with two attached hydrogens (primary N) is 1. The Bertz CT molecular complexity index is 408. The highest BCUT2D eigenvalue weighted by molar-refractivity contribution is 5.73. The van der Waals surface area contributed by atoms with Crippen LogP contribution in [0.25, 0.3) is 0 Å². The monoisotopic (exact) mass is 229 g/mol. The van der Waals surface area contributed by atoms with Crippen molar-refractivity contribution in [3.05, 3.63) is 23.5 Å². The molecule has 0 fully saturated rings. The fourth-order valence-corrected chi connectivity index (χ4v) is 1.24. The van der Waals surface area contributed by atoms with E-state index in [9.17, 15) is 14.3 Å². The summed E-state index contributed by atoms with van der Waals surface area (Å²) >= 11 is 0. The number of carboxylic acids is 1. The number of phenolic OH excluding ortho intramolecular Hbond substituents is 1. The molecular formula is C10H12FNO4. The van der Waals surface area contributed by atoms with Crippen LogP contribution in [-0.2, 0) is 11.2 Å². The second-order valence-electron chi connectivity index (χ2n) is 3.28. The summed E-state index contributed by atoms with van der Waals surface area (Å²) in [5.41, 5.74) is 5.65. The minimum absolute atomic E-state index is 0.0388. The third-order valence-corrected chi connectivity index (χ3v) is 2.08. The van der Waals surface area contributed by atoms with Crippen LogP contribution in [0.1, 0.15) is 5.56 Å². The molecule has 0 aromatic heterocycles. The second kappa shape index (κ2) is 4.80. The number of carbonyl (C=O) groups is 1. The Morgan fingerprint density at radius 1 is 1.62 bits per heavy atom. The predicted octanol–water partition coefficient (Wildman–Crippen LogP) is 0.494. The summed E-state index contributed by atoms with van der Waals surface area (Å²) in [5.74, 6) is -2.69. The van der Waals surface area contributed by atoms with Crippen molar-refractivity contribution in [2.24, 2.45) is 5.73 Å². The maximum Gasteiger partial charge on any atom is 0.320 e. The number of methoxy groups -OCH3 is 1. The van der Waals surface area contributed by atoms with Gasteiger partial charge in [0.1, 0.15) is 6.04 Å². The molecule has 0 bridgehead atoms. The van der Waals surface area contributed by atoms with Gasteiger partial charge in [-0.3, -0.25) is 4.79 Å². The van der Waals surface area contributed by atoms with Crippen LogP contribution in [0.2, 0.25) is 0 Å². The summed E-state index contributed by atoms with van der Waals surface area (Å²) in [5, 5.41) is 17.8. The minimum Gasteiger partial charge on any atom is -0.502 e.